The molecule has 2 atom stereocenters. The number of hydrogen-bond donors (Lipinski definition) is 3. The lowest BCUT2D eigenvalue weighted by atomic mass is 10.0. The second kappa shape index (κ2) is 12.5. The molecule has 1 saturated carbocycles. The maximum Gasteiger partial charge on any atom is 0.412 e. The third-order valence-corrected chi connectivity index (χ3v) is 5.95. The van der Waals surface area contributed by atoms with Gasteiger partial charge < -0.3 is 15.8 Å². The molecule has 0 spiro atoms. The minimum Gasteiger partial charge on any atom is -0.441 e. The highest BCUT2D eigenvalue weighted by atomic mass is 19.3. The van der Waals surface area contributed by atoms with Gasteiger partial charge in [0.15, 0.2) is 0 Å². The number of ether oxygens (including phenoxy) is 1. The molecule has 0 aromatic heterocycles. The van der Waals surface area contributed by atoms with E-state index in [-0.39, 0.29) is 17.0 Å². The molecule has 1 aromatic carbocycles. The van der Waals surface area contributed by atoms with Gasteiger partial charge in [0.2, 0.25) is 11.7 Å². The van der Waals surface area contributed by atoms with Gasteiger partial charge in [-0.1, -0.05) is 43.3 Å². The SMILES string of the molecule is CC/C=C(C)/C(=C\C=C(/C)C(=O)/C(NC(=O)OC(C)c1ccccc1C)=C(/C)N)NC(=O)C1CC1(F)F. The smallest absolute Gasteiger partial charge is 0.412 e. The number of alkyl halides is 2. The predicted molar refractivity (Wildman–Crippen MR) is 138 cm³/mol. The number of carbonyl (C=O) groups excluding carboxylic acids is 3. The van der Waals surface area contributed by atoms with E-state index < -0.39 is 42.1 Å². The second-order valence-electron chi connectivity index (χ2n) is 9.15. The zero-order chi connectivity index (χ0) is 27.9. The van der Waals surface area contributed by atoms with E-state index in [4.69, 9.17) is 10.5 Å². The molecule has 2 amide bonds. The first-order chi connectivity index (χ1) is 17.3. The number of ketones is 1. The summed E-state index contributed by atoms with van der Waals surface area (Å²) in [6, 6.07) is 7.46. The summed E-state index contributed by atoms with van der Waals surface area (Å²) in [4.78, 5) is 37.8. The molecule has 9 heteroatoms. The molecule has 7 nitrogen and oxygen atoms in total. The molecule has 37 heavy (non-hydrogen) atoms. The van der Waals surface area contributed by atoms with Crippen LogP contribution in [0.2, 0.25) is 0 Å². The fourth-order valence-electron chi connectivity index (χ4n) is 3.62. The lowest BCUT2D eigenvalue weighted by Gasteiger charge is -2.17. The van der Waals surface area contributed by atoms with Crippen molar-refractivity contribution in [1.82, 2.24) is 10.6 Å². The van der Waals surface area contributed by atoms with Crippen molar-refractivity contribution in [3.05, 3.63) is 81.9 Å². The van der Waals surface area contributed by atoms with Crippen molar-refractivity contribution < 1.29 is 27.9 Å². The number of amides is 2. The molecule has 1 aliphatic rings. The predicted octanol–water partition coefficient (Wildman–Crippen LogP) is 5.50. The fraction of sp³-hybridized carbons (Fsp3) is 0.393. The van der Waals surface area contributed by atoms with Gasteiger partial charge in [-0.15, -0.1) is 0 Å². The first kappa shape index (κ1) is 29.5. The van der Waals surface area contributed by atoms with Crippen LogP contribution >= 0.6 is 0 Å². The van der Waals surface area contributed by atoms with Crippen LogP contribution < -0.4 is 16.4 Å². The van der Waals surface area contributed by atoms with Crippen LogP contribution in [0, 0.1) is 12.8 Å². The molecular weight excluding hydrogens is 480 g/mol. The number of halogens is 2. The highest BCUT2D eigenvalue weighted by molar-refractivity contribution is 6.09. The number of nitrogens with two attached hydrogens (primary N) is 1. The van der Waals surface area contributed by atoms with E-state index >= 15 is 0 Å². The lowest BCUT2D eigenvalue weighted by Crippen LogP contribution is -2.31. The van der Waals surface area contributed by atoms with Crippen LogP contribution in [0.1, 0.15) is 64.7 Å². The summed E-state index contributed by atoms with van der Waals surface area (Å²) in [5, 5.41) is 4.96. The van der Waals surface area contributed by atoms with Crippen LogP contribution in [0.25, 0.3) is 0 Å². The van der Waals surface area contributed by atoms with Crippen molar-refractivity contribution in [2.24, 2.45) is 11.7 Å². The molecule has 200 valence electrons. The Labute approximate surface area is 216 Å². The Balaban J connectivity index is 2.18. The van der Waals surface area contributed by atoms with Crippen molar-refractivity contribution in [2.75, 3.05) is 0 Å². The van der Waals surface area contributed by atoms with E-state index in [2.05, 4.69) is 10.6 Å². The monoisotopic (exact) mass is 515 g/mol. The molecule has 0 bridgehead atoms. The number of Topliss-reactive ketones (excluding diaryl/α,β-unsaturated/α-hetero) is 1. The van der Waals surface area contributed by atoms with Gasteiger partial charge in [-0.3, -0.25) is 14.9 Å². The number of alkyl carbamates (subject to hydrolysis) is 1. The maximum atomic E-state index is 13.3. The van der Waals surface area contributed by atoms with E-state index in [1.165, 1.54) is 26.0 Å². The minimum absolute atomic E-state index is 0.0776. The number of carbonyl (C=O) groups is 3. The average molecular weight is 516 g/mol. The minimum atomic E-state index is -2.99. The summed E-state index contributed by atoms with van der Waals surface area (Å²) in [6.07, 6.45) is 3.50. The Bertz CT molecular complexity index is 1180. The summed E-state index contributed by atoms with van der Waals surface area (Å²) >= 11 is 0. The topological polar surface area (TPSA) is 111 Å². The summed E-state index contributed by atoms with van der Waals surface area (Å²) < 4.78 is 32.1. The van der Waals surface area contributed by atoms with Crippen LogP contribution in [-0.4, -0.2) is 23.7 Å². The van der Waals surface area contributed by atoms with Gasteiger partial charge in [0, 0.05) is 17.8 Å². The van der Waals surface area contributed by atoms with Gasteiger partial charge in [-0.05, 0) is 69.4 Å². The van der Waals surface area contributed by atoms with Gasteiger partial charge in [-0.25, -0.2) is 13.6 Å². The van der Waals surface area contributed by atoms with Crippen LogP contribution in [0.4, 0.5) is 13.6 Å². The summed E-state index contributed by atoms with van der Waals surface area (Å²) in [6.45, 7) is 10.2. The Morgan fingerprint density at radius 2 is 1.76 bits per heavy atom. The van der Waals surface area contributed by atoms with Crippen LogP contribution in [-0.2, 0) is 14.3 Å². The lowest BCUT2D eigenvalue weighted by molar-refractivity contribution is -0.123. The second-order valence-corrected chi connectivity index (χ2v) is 9.15. The summed E-state index contributed by atoms with van der Waals surface area (Å²) in [5.74, 6) is -5.69. The highest BCUT2D eigenvalue weighted by Gasteiger charge is 2.61. The largest absolute Gasteiger partial charge is 0.441 e. The normalized spacial score (nSPS) is 18.9. The van der Waals surface area contributed by atoms with Gasteiger partial charge >= 0.3 is 6.09 Å². The molecule has 0 radical (unpaired) electrons. The molecule has 1 fully saturated rings. The van der Waals surface area contributed by atoms with E-state index in [0.717, 1.165) is 11.1 Å². The molecule has 1 aromatic rings. The van der Waals surface area contributed by atoms with Crippen molar-refractivity contribution in [2.45, 2.75) is 66.4 Å². The molecule has 0 heterocycles. The Kier molecular flexibility index (Phi) is 9.94. The van der Waals surface area contributed by atoms with Crippen LogP contribution in [0.3, 0.4) is 0 Å². The quantitative estimate of drug-likeness (QED) is 0.282. The van der Waals surface area contributed by atoms with Gasteiger partial charge in [0.1, 0.15) is 17.7 Å². The molecular formula is C28H35F2N3O4. The Morgan fingerprint density at radius 3 is 2.30 bits per heavy atom. The van der Waals surface area contributed by atoms with Crippen LogP contribution in [0.5, 0.6) is 0 Å². The maximum absolute atomic E-state index is 13.3. The summed E-state index contributed by atoms with van der Waals surface area (Å²) in [5.41, 5.74) is 8.75. The van der Waals surface area contributed by atoms with Gasteiger partial charge in [-0.2, -0.15) is 0 Å². The Hall–Kier alpha value is -3.75. The van der Waals surface area contributed by atoms with Crippen molar-refractivity contribution in [1.29, 1.82) is 0 Å². The van der Waals surface area contributed by atoms with E-state index in [0.29, 0.717) is 17.7 Å². The molecule has 4 N–H and O–H groups in total. The number of aryl methyl sites for hydroxylation is 1. The van der Waals surface area contributed by atoms with Gasteiger partial charge in [0.05, 0.1) is 0 Å². The highest BCUT2D eigenvalue weighted by Crippen LogP contribution is 2.48. The number of benzene rings is 1. The number of allylic oxidation sites excluding steroid dienone is 6. The fourth-order valence-corrected chi connectivity index (χ4v) is 3.62. The molecule has 0 saturated heterocycles. The van der Waals surface area contributed by atoms with Crippen LogP contribution in [0.15, 0.2) is 70.7 Å². The van der Waals surface area contributed by atoms with E-state index in [9.17, 15) is 23.2 Å². The molecule has 1 aliphatic carbocycles. The van der Waals surface area contributed by atoms with Gasteiger partial charge in [0.25, 0.3) is 5.92 Å². The first-order valence-electron chi connectivity index (χ1n) is 12.1. The standard InChI is InChI=1S/C28H35F2N3O4/c1-7-10-17(3)23(32-26(35)22-15-28(22,29)30)14-13-18(4)25(34)24(19(5)31)33-27(36)37-20(6)21-12-9-8-11-16(21)2/h8-14,20,22H,7,15,31H2,1-6H3,(H,32,35)(H,33,36)/b17-10+,18-13+,23-14+,24-19+. The van der Waals surface area contributed by atoms with E-state index in [1.54, 1.807) is 13.8 Å². The van der Waals surface area contributed by atoms with Crippen molar-refractivity contribution >= 4 is 17.8 Å². The number of rotatable bonds is 10. The summed E-state index contributed by atoms with van der Waals surface area (Å²) in [7, 11) is 0. The zero-order valence-electron chi connectivity index (χ0n) is 22.1. The molecule has 2 unspecified atom stereocenters. The van der Waals surface area contributed by atoms with Crippen molar-refractivity contribution in [3.8, 4) is 0 Å². The average Bonchev–Trinajstić information content (AvgIpc) is 3.47. The van der Waals surface area contributed by atoms with E-state index in [1.807, 2.05) is 44.2 Å². The first-order valence-corrected chi connectivity index (χ1v) is 12.1. The zero-order valence-corrected chi connectivity index (χ0v) is 22.1. The molecule has 2 rings (SSSR count). The third kappa shape index (κ3) is 8.13. The Morgan fingerprint density at radius 1 is 1.14 bits per heavy atom. The number of hydrogen-bond acceptors (Lipinski definition) is 5. The molecule has 0 aliphatic heterocycles. The van der Waals surface area contributed by atoms with Crippen molar-refractivity contribution in [3.63, 3.8) is 0 Å². The third-order valence-electron chi connectivity index (χ3n) is 5.95. The number of nitrogens with one attached hydrogen (secondary N) is 2.